The smallest absolute Gasteiger partial charge is 0.410 e. The molecule has 0 aromatic carbocycles. The van der Waals surface area contributed by atoms with Gasteiger partial charge >= 0.3 is 6.09 Å². The van der Waals surface area contributed by atoms with Gasteiger partial charge in [-0.1, -0.05) is 0 Å². The number of anilines is 1. The Bertz CT molecular complexity index is 911. The normalized spacial score (nSPS) is 19.8. The zero-order chi connectivity index (χ0) is 20.5. The van der Waals surface area contributed by atoms with E-state index in [0.29, 0.717) is 48.5 Å². The number of methoxy groups -OCH3 is 1. The molecule has 1 saturated heterocycles. The molecule has 2 aromatic rings. The predicted molar refractivity (Wildman–Crippen MR) is 105 cm³/mol. The van der Waals surface area contributed by atoms with Gasteiger partial charge in [0.15, 0.2) is 5.65 Å². The number of rotatable bonds is 4. The topological polar surface area (TPSA) is 108 Å². The minimum absolute atomic E-state index is 0.0347. The zero-order valence-corrected chi connectivity index (χ0v) is 16.7. The minimum atomic E-state index is -0.572. The summed E-state index contributed by atoms with van der Waals surface area (Å²) in [6, 6.07) is -0.138. The van der Waals surface area contributed by atoms with Crippen molar-refractivity contribution in [2.75, 3.05) is 26.0 Å². The number of carbonyl (C=O) groups excluding carboxylic acids is 1. The van der Waals surface area contributed by atoms with Gasteiger partial charge in [-0.2, -0.15) is 5.10 Å². The highest BCUT2D eigenvalue weighted by Crippen LogP contribution is 2.33. The molecule has 0 unspecified atom stereocenters. The van der Waals surface area contributed by atoms with E-state index in [1.165, 1.54) is 6.33 Å². The van der Waals surface area contributed by atoms with Crippen molar-refractivity contribution in [1.29, 1.82) is 0 Å². The van der Waals surface area contributed by atoms with E-state index in [-0.39, 0.29) is 18.2 Å². The van der Waals surface area contributed by atoms with Crippen molar-refractivity contribution in [3.63, 3.8) is 0 Å². The van der Waals surface area contributed by atoms with Crippen LogP contribution < -0.4 is 5.73 Å². The Morgan fingerprint density at radius 2 is 2.18 bits per heavy atom. The summed E-state index contributed by atoms with van der Waals surface area (Å²) in [7, 11) is 1.64. The maximum Gasteiger partial charge on any atom is 0.410 e. The summed E-state index contributed by atoms with van der Waals surface area (Å²) in [5.74, 6) is 2.84. The average molecular weight is 386 g/mol. The Kier molecular flexibility index (Phi) is 5.42. The monoisotopic (exact) mass is 386 g/mol. The predicted octanol–water partition coefficient (Wildman–Crippen LogP) is 1.98. The van der Waals surface area contributed by atoms with Crippen molar-refractivity contribution in [2.24, 2.45) is 0 Å². The summed E-state index contributed by atoms with van der Waals surface area (Å²) >= 11 is 0. The van der Waals surface area contributed by atoms with E-state index in [1.54, 1.807) is 16.7 Å². The van der Waals surface area contributed by atoms with Crippen LogP contribution in [-0.2, 0) is 9.47 Å². The molecule has 28 heavy (non-hydrogen) atoms. The van der Waals surface area contributed by atoms with Crippen LogP contribution in [-0.4, -0.2) is 62.6 Å². The third kappa shape index (κ3) is 3.87. The Hall–Kier alpha value is -2.86. The number of amides is 1. The first-order valence-electron chi connectivity index (χ1n) is 9.19. The van der Waals surface area contributed by atoms with Crippen LogP contribution in [0.2, 0.25) is 0 Å². The number of hydrogen-bond donors (Lipinski definition) is 1. The van der Waals surface area contributed by atoms with Crippen LogP contribution in [0.25, 0.3) is 11.0 Å². The fourth-order valence-corrected chi connectivity index (χ4v) is 3.49. The highest BCUT2D eigenvalue weighted by Gasteiger charge is 2.39. The van der Waals surface area contributed by atoms with Crippen LogP contribution in [0, 0.1) is 12.3 Å². The molecular formula is C19H26N6O3. The number of nitrogens with two attached hydrogens (primary N) is 1. The van der Waals surface area contributed by atoms with E-state index in [9.17, 15) is 4.79 Å². The molecule has 1 aliphatic rings. The van der Waals surface area contributed by atoms with Crippen LogP contribution in [0.1, 0.15) is 45.3 Å². The summed E-state index contributed by atoms with van der Waals surface area (Å²) in [6.45, 7) is 6.53. The first-order chi connectivity index (χ1) is 13.2. The zero-order valence-electron chi connectivity index (χ0n) is 16.7. The van der Waals surface area contributed by atoms with Crippen LogP contribution in [0.15, 0.2) is 6.33 Å². The highest BCUT2D eigenvalue weighted by molar-refractivity contribution is 5.90. The number of fused-ring (bicyclic) bond motifs is 1. The van der Waals surface area contributed by atoms with E-state index in [0.717, 1.165) is 0 Å². The maximum absolute atomic E-state index is 12.7. The molecule has 2 atom stereocenters. The highest BCUT2D eigenvalue weighted by atomic mass is 16.6. The van der Waals surface area contributed by atoms with Gasteiger partial charge in [0, 0.05) is 26.3 Å². The second kappa shape index (κ2) is 7.64. The van der Waals surface area contributed by atoms with Gasteiger partial charge in [-0.3, -0.25) is 0 Å². The molecule has 1 fully saturated rings. The number of aromatic nitrogens is 4. The number of nitrogens with zero attached hydrogens (tertiary/aromatic N) is 5. The maximum atomic E-state index is 12.7. The number of nitrogen functional groups attached to an aromatic ring is 1. The minimum Gasteiger partial charge on any atom is -0.444 e. The quantitative estimate of drug-likeness (QED) is 0.800. The van der Waals surface area contributed by atoms with E-state index in [2.05, 4.69) is 21.0 Å². The Balaban J connectivity index is 1.93. The van der Waals surface area contributed by atoms with Gasteiger partial charge in [-0.05, 0) is 39.5 Å². The number of hydrogen-bond acceptors (Lipinski definition) is 7. The molecule has 2 aromatic heterocycles. The van der Waals surface area contributed by atoms with E-state index >= 15 is 0 Å². The molecule has 9 heteroatoms. The second-order valence-corrected chi connectivity index (χ2v) is 7.85. The fourth-order valence-electron chi connectivity index (χ4n) is 3.49. The lowest BCUT2D eigenvalue weighted by Crippen LogP contribution is -2.40. The Morgan fingerprint density at radius 1 is 1.43 bits per heavy atom. The fraction of sp³-hybridized carbons (Fsp3) is 0.579. The molecule has 3 heterocycles. The number of likely N-dealkylation sites (tertiary alicyclic amines) is 1. The summed E-state index contributed by atoms with van der Waals surface area (Å²) in [4.78, 5) is 22.8. The molecule has 0 bridgehead atoms. The molecule has 2 N–H and O–H groups in total. The van der Waals surface area contributed by atoms with Crippen molar-refractivity contribution in [2.45, 2.75) is 51.3 Å². The van der Waals surface area contributed by atoms with Crippen LogP contribution >= 0.6 is 0 Å². The van der Waals surface area contributed by atoms with Crippen LogP contribution in [0.4, 0.5) is 10.6 Å². The lowest BCUT2D eigenvalue weighted by atomic mass is 10.1. The van der Waals surface area contributed by atoms with Gasteiger partial charge in [-0.15, -0.1) is 6.42 Å². The molecular weight excluding hydrogens is 360 g/mol. The molecule has 3 rings (SSSR count). The van der Waals surface area contributed by atoms with Crippen LogP contribution in [0.3, 0.4) is 0 Å². The lowest BCUT2D eigenvalue weighted by Gasteiger charge is -2.28. The van der Waals surface area contributed by atoms with E-state index in [4.69, 9.17) is 21.6 Å². The number of terminal acetylenes is 1. The first kappa shape index (κ1) is 19.9. The third-order valence-electron chi connectivity index (χ3n) is 4.68. The van der Waals surface area contributed by atoms with E-state index < -0.39 is 5.60 Å². The Morgan fingerprint density at radius 3 is 2.82 bits per heavy atom. The van der Waals surface area contributed by atoms with Crippen molar-refractivity contribution >= 4 is 22.9 Å². The van der Waals surface area contributed by atoms with Gasteiger partial charge in [0.1, 0.15) is 23.4 Å². The number of ether oxygens (including phenoxy) is 2. The SMILES string of the molecule is C#Cc1nn([C@H]2C[C@H](CCOC)N(C(=O)OC(C)(C)C)C2)c2ncnc(N)c12. The third-order valence-corrected chi connectivity index (χ3v) is 4.68. The number of carbonyl (C=O) groups is 1. The summed E-state index contributed by atoms with van der Waals surface area (Å²) in [6.07, 6.45) is 8.02. The molecule has 0 radical (unpaired) electrons. The van der Waals surface area contributed by atoms with Crippen molar-refractivity contribution in [1.82, 2.24) is 24.6 Å². The summed E-state index contributed by atoms with van der Waals surface area (Å²) < 4.78 is 12.6. The second-order valence-electron chi connectivity index (χ2n) is 7.85. The largest absolute Gasteiger partial charge is 0.444 e. The molecule has 1 aliphatic heterocycles. The van der Waals surface area contributed by atoms with Gasteiger partial charge < -0.3 is 20.1 Å². The van der Waals surface area contributed by atoms with Crippen molar-refractivity contribution < 1.29 is 14.3 Å². The molecule has 150 valence electrons. The Labute approximate surface area is 164 Å². The molecule has 0 aliphatic carbocycles. The van der Waals surface area contributed by atoms with Gasteiger partial charge in [0.05, 0.1) is 11.4 Å². The molecule has 9 nitrogen and oxygen atoms in total. The van der Waals surface area contributed by atoms with Gasteiger partial charge in [-0.25, -0.2) is 19.4 Å². The van der Waals surface area contributed by atoms with Gasteiger partial charge in [0.2, 0.25) is 0 Å². The molecule has 0 saturated carbocycles. The summed E-state index contributed by atoms with van der Waals surface area (Å²) in [5.41, 5.74) is 6.38. The molecule has 0 spiro atoms. The van der Waals surface area contributed by atoms with Crippen molar-refractivity contribution in [3.8, 4) is 12.3 Å². The van der Waals surface area contributed by atoms with Gasteiger partial charge in [0.25, 0.3) is 0 Å². The standard InChI is InChI=1S/C19H26N6O3/c1-6-14-15-16(20)21-11-22-17(15)25(23-14)13-9-12(7-8-27-5)24(10-13)18(26)28-19(2,3)4/h1,11-13H,7-10H2,2-5H3,(H2,20,21,22)/t12-,13-/m0/s1. The first-order valence-corrected chi connectivity index (χ1v) is 9.19. The average Bonchev–Trinajstić information content (AvgIpc) is 3.20. The van der Waals surface area contributed by atoms with Crippen molar-refractivity contribution in [3.05, 3.63) is 12.0 Å². The van der Waals surface area contributed by atoms with E-state index in [1.807, 2.05) is 20.8 Å². The molecule has 1 amide bonds. The summed E-state index contributed by atoms with van der Waals surface area (Å²) in [5, 5.41) is 5.09. The lowest BCUT2D eigenvalue weighted by molar-refractivity contribution is 0.0197. The van der Waals surface area contributed by atoms with Crippen LogP contribution in [0.5, 0.6) is 0 Å².